The molecule has 1 saturated heterocycles. The Morgan fingerprint density at radius 2 is 2.29 bits per heavy atom. The van der Waals surface area contributed by atoms with Crippen molar-refractivity contribution in [1.29, 1.82) is 0 Å². The molecule has 0 radical (unpaired) electrons. The summed E-state index contributed by atoms with van der Waals surface area (Å²) in [5, 5.41) is 3.47. The van der Waals surface area contributed by atoms with Crippen molar-refractivity contribution < 1.29 is 4.39 Å². The van der Waals surface area contributed by atoms with E-state index >= 15 is 0 Å². The average molecular weight is 235 g/mol. The molecule has 0 aromatic heterocycles. The third-order valence-corrected chi connectivity index (χ3v) is 4.23. The maximum Gasteiger partial charge on any atom is 0.123 e. The molecule has 1 fully saturated rings. The number of hydrogen-bond donors (Lipinski definition) is 1. The van der Waals surface area contributed by atoms with Gasteiger partial charge in [-0.25, -0.2) is 4.39 Å². The highest BCUT2D eigenvalue weighted by Gasteiger charge is 2.37. The second-order valence-corrected chi connectivity index (χ2v) is 5.37. The Kier molecular flexibility index (Phi) is 3.82. The molecule has 0 spiro atoms. The largest absolute Gasteiger partial charge is 0.316 e. The van der Waals surface area contributed by atoms with E-state index in [-0.39, 0.29) is 11.2 Å². The zero-order chi connectivity index (χ0) is 12.3. The molecule has 1 N–H and O–H groups in total. The SMILES string of the molecule is CCCC1CNCCC1(C)c1cccc(F)c1. The molecule has 0 aliphatic carbocycles. The molecular formula is C15H22FN. The zero-order valence-corrected chi connectivity index (χ0v) is 10.8. The fourth-order valence-electron chi connectivity index (χ4n) is 3.05. The monoisotopic (exact) mass is 235 g/mol. The lowest BCUT2D eigenvalue weighted by Crippen LogP contribution is -2.46. The van der Waals surface area contributed by atoms with Gasteiger partial charge in [0.1, 0.15) is 5.82 Å². The van der Waals surface area contributed by atoms with Crippen molar-refractivity contribution in [3.8, 4) is 0 Å². The highest BCUT2D eigenvalue weighted by Crippen LogP contribution is 2.39. The second kappa shape index (κ2) is 5.18. The maximum atomic E-state index is 13.4. The van der Waals surface area contributed by atoms with E-state index in [0.717, 1.165) is 25.1 Å². The Labute approximate surface area is 103 Å². The first-order valence-corrected chi connectivity index (χ1v) is 6.63. The highest BCUT2D eigenvalue weighted by molar-refractivity contribution is 5.27. The molecule has 1 aliphatic rings. The molecule has 1 heterocycles. The molecule has 0 saturated carbocycles. The van der Waals surface area contributed by atoms with E-state index in [2.05, 4.69) is 25.2 Å². The van der Waals surface area contributed by atoms with Gasteiger partial charge in [0, 0.05) is 0 Å². The van der Waals surface area contributed by atoms with E-state index < -0.39 is 0 Å². The van der Waals surface area contributed by atoms with Gasteiger partial charge in [0.15, 0.2) is 0 Å². The quantitative estimate of drug-likeness (QED) is 0.845. The van der Waals surface area contributed by atoms with Crippen LogP contribution in [0.3, 0.4) is 0 Å². The molecule has 2 unspecified atom stereocenters. The first kappa shape index (κ1) is 12.6. The van der Waals surface area contributed by atoms with Gasteiger partial charge in [-0.15, -0.1) is 0 Å². The van der Waals surface area contributed by atoms with Crippen LogP contribution in [0.1, 0.15) is 38.7 Å². The fourth-order valence-corrected chi connectivity index (χ4v) is 3.05. The third kappa shape index (κ3) is 2.52. The number of piperidine rings is 1. The first-order valence-electron chi connectivity index (χ1n) is 6.63. The molecule has 17 heavy (non-hydrogen) atoms. The number of halogens is 1. The molecule has 2 rings (SSSR count). The van der Waals surface area contributed by atoms with Crippen molar-refractivity contribution in [3.05, 3.63) is 35.6 Å². The van der Waals surface area contributed by atoms with Crippen LogP contribution in [-0.4, -0.2) is 13.1 Å². The van der Waals surface area contributed by atoms with E-state index in [1.807, 2.05) is 6.07 Å². The van der Waals surface area contributed by atoms with Gasteiger partial charge in [0.2, 0.25) is 0 Å². The van der Waals surface area contributed by atoms with Crippen molar-refractivity contribution in [2.24, 2.45) is 5.92 Å². The summed E-state index contributed by atoms with van der Waals surface area (Å²) in [4.78, 5) is 0. The number of rotatable bonds is 3. The van der Waals surface area contributed by atoms with E-state index in [4.69, 9.17) is 0 Å². The molecule has 2 atom stereocenters. The summed E-state index contributed by atoms with van der Waals surface area (Å²) < 4.78 is 13.4. The Morgan fingerprint density at radius 3 is 3.00 bits per heavy atom. The van der Waals surface area contributed by atoms with Gasteiger partial charge in [-0.3, -0.25) is 0 Å². The minimum Gasteiger partial charge on any atom is -0.316 e. The Morgan fingerprint density at radius 1 is 1.47 bits per heavy atom. The van der Waals surface area contributed by atoms with E-state index in [0.29, 0.717) is 5.92 Å². The smallest absolute Gasteiger partial charge is 0.123 e. The molecular weight excluding hydrogens is 213 g/mol. The van der Waals surface area contributed by atoms with E-state index in [9.17, 15) is 4.39 Å². The van der Waals surface area contributed by atoms with Crippen LogP contribution in [0.2, 0.25) is 0 Å². The molecule has 1 aromatic rings. The third-order valence-electron chi connectivity index (χ3n) is 4.23. The van der Waals surface area contributed by atoms with Gasteiger partial charge in [0.05, 0.1) is 0 Å². The lowest BCUT2D eigenvalue weighted by Gasteiger charge is -2.42. The van der Waals surface area contributed by atoms with Crippen molar-refractivity contribution in [3.63, 3.8) is 0 Å². The Balaban J connectivity index is 2.30. The van der Waals surface area contributed by atoms with Crippen LogP contribution in [0.4, 0.5) is 4.39 Å². The summed E-state index contributed by atoms with van der Waals surface area (Å²) in [5.41, 5.74) is 1.29. The summed E-state index contributed by atoms with van der Waals surface area (Å²) in [6.07, 6.45) is 3.50. The Hall–Kier alpha value is -0.890. The van der Waals surface area contributed by atoms with Gasteiger partial charge in [-0.1, -0.05) is 32.4 Å². The topological polar surface area (TPSA) is 12.0 Å². The second-order valence-electron chi connectivity index (χ2n) is 5.37. The zero-order valence-electron chi connectivity index (χ0n) is 10.8. The molecule has 0 bridgehead atoms. The maximum absolute atomic E-state index is 13.4. The highest BCUT2D eigenvalue weighted by atomic mass is 19.1. The summed E-state index contributed by atoms with van der Waals surface area (Å²) >= 11 is 0. The summed E-state index contributed by atoms with van der Waals surface area (Å²) in [5.74, 6) is 0.501. The lowest BCUT2D eigenvalue weighted by molar-refractivity contribution is 0.206. The van der Waals surface area contributed by atoms with Crippen LogP contribution in [0.15, 0.2) is 24.3 Å². The number of hydrogen-bond acceptors (Lipinski definition) is 1. The van der Waals surface area contributed by atoms with Gasteiger partial charge in [-0.05, 0) is 55.0 Å². The summed E-state index contributed by atoms with van der Waals surface area (Å²) in [7, 11) is 0. The average Bonchev–Trinajstić information content (AvgIpc) is 2.32. The molecule has 2 heteroatoms. The van der Waals surface area contributed by atoms with E-state index in [1.54, 1.807) is 6.07 Å². The van der Waals surface area contributed by atoms with Crippen LogP contribution in [0.25, 0.3) is 0 Å². The van der Waals surface area contributed by atoms with Crippen molar-refractivity contribution in [2.75, 3.05) is 13.1 Å². The number of nitrogens with one attached hydrogen (secondary N) is 1. The lowest BCUT2D eigenvalue weighted by atomic mass is 9.66. The fraction of sp³-hybridized carbons (Fsp3) is 0.600. The van der Waals surface area contributed by atoms with Gasteiger partial charge >= 0.3 is 0 Å². The standard InChI is InChI=1S/C15H22FN/c1-3-5-13-11-17-9-8-15(13,2)12-6-4-7-14(16)10-12/h4,6-7,10,13,17H,3,5,8-9,11H2,1-2H3. The predicted octanol–water partition coefficient (Wildman–Crippen LogP) is 3.49. The van der Waals surface area contributed by atoms with Crippen LogP contribution in [0.5, 0.6) is 0 Å². The van der Waals surface area contributed by atoms with E-state index in [1.165, 1.54) is 18.9 Å². The first-order chi connectivity index (χ1) is 8.16. The van der Waals surface area contributed by atoms with Crippen molar-refractivity contribution >= 4 is 0 Å². The predicted molar refractivity (Wildman–Crippen MR) is 69.6 cm³/mol. The normalized spacial score (nSPS) is 29.2. The molecule has 1 aliphatic heterocycles. The summed E-state index contributed by atoms with van der Waals surface area (Å²) in [6, 6.07) is 7.16. The van der Waals surface area contributed by atoms with Crippen LogP contribution >= 0.6 is 0 Å². The van der Waals surface area contributed by atoms with Crippen LogP contribution < -0.4 is 5.32 Å². The molecule has 1 aromatic carbocycles. The van der Waals surface area contributed by atoms with Gasteiger partial charge in [-0.2, -0.15) is 0 Å². The Bertz CT molecular complexity index is 375. The van der Waals surface area contributed by atoms with Gasteiger partial charge < -0.3 is 5.32 Å². The van der Waals surface area contributed by atoms with Crippen molar-refractivity contribution in [1.82, 2.24) is 5.32 Å². The van der Waals surface area contributed by atoms with Gasteiger partial charge in [0.25, 0.3) is 0 Å². The van der Waals surface area contributed by atoms with Crippen molar-refractivity contribution in [2.45, 2.75) is 38.5 Å². The van der Waals surface area contributed by atoms with Crippen LogP contribution in [0, 0.1) is 11.7 Å². The molecule has 1 nitrogen and oxygen atoms in total. The molecule has 94 valence electrons. The number of benzene rings is 1. The summed E-state index contributed by atoms with van der Waals surface area (Å²) in [6.45, 7) is 6.61. The van der Waals surface area contributed by atoms with Crippen LogP contribution in [-0.2, 0) is 5.41 Å². The minimum absolute atomic E-state index is 0.113. The molecule has 0 amide bonds. The minimum atomic E-state index is -0.113.